The molecule has 0 aliphatic rings. The molecule has 0 saturated carbocycles. The molecule has 1 unspecified atom stereocenters. The minimum atomic E-state index is 0.0266. The number of nitrogens with two attached hydrogens (primary N) is 1. The summed E-state index contributed by atoms with van der Waals surface area (Å²) in [5, 5.41) is 7.91. The minimum absolute atomic E-state index is 0.0266. The summed E-state index contributed by atoms with van der Waals surface area (Å²) in [6.07, 6.45) is 2.39. The van der Waals surface area contributed by atoms with Crippen LogP contribution in [0.3, 0.4) is 0 Å². The summed E-state index contributed by atoms with van der Waals surface area (Å²) in [5.74, 6) is 0.0266. The van der Waals surface area contributed by atoms with E-state index in [1.54, 1.807) is 12.1 Å². The lowest BCUT2D eigenvalue weighted by atomic mass is 10.1. The van der Waals surface area contributed by atoms with Crippen molar-refractivity contribution in [2.45, 2.75) is 39.4 Å². The van der Waals surface area contributed by atoms with Crippen LogP contribution in [-0.4, -0.2) is 11.9 Å². The van der Waals surface area contributed by atoms with Crippen molar-refractivity contribution < 1.29 is 4.74 Å². The van der Waals surface area contributed by atoms with Gasteiger partial charge in [-0.2, -0.15) is 0 Å². The van der Waals surface area contributed by atoms with E-state index in [0.29, 0.717) is 17.2 Å². The Balaban J connectivity index is 2.63. The molecule has 0 spiro atoms. The SMILES string of the molecule is CCCC(C)OCc1ccc(C(=N)N)cc1Cl. The first-order valence-corrected chi connectivity index (χ1v) is 6.16. The van der Waals surface area contributed by atoms with Crippen LogP contribution in [-0.2, 0) is 11.3 Å². The highest BCUT2D eigenvalue weighted by Gasteiger charge is 2.06. The predicted molar refractivity (Wildman–Crippen MR) is 71.6 cm³/mol. The zero-order valence-electron chi connectivity index (χ0n) is 10.3. The number of nitrogens with one attached hydrogen (secondary N) is 1. The van der Waals surface area contributed by atoms with Gasteiger partial charge in [0.15, 0.2) is 0 Å². The Hall–Kier alpha value is -1.06. The lowest BCUT2D eigenvalue weighted by Gasteiger charge is -2.13. The molecule has 0 aliphatic heterocycles. The van der Waals surface area contributed by atoms with Gasteiger partial charge in [-0.25, -0.2) is 0 Å². The zero-order chi connectivity index (χ0) is 12.8. The molecule has 0 heterocycles. The molecule has 0 saturated heterocycles. The van der Waals surface area contributed by atoms with E-state index in [1.165, 1.54) is 0 Å². The fourth-order valence-electron chi connectivity index (χ4n) is 1.55. The highest BCUT2D eigenvalue weighted by molar-refractivity contribution is 6.31. The average Bonchev–Trinajstić information content (AvgIpc) is 2.27. The predicted octanol–water partition coefficient (Wildman–Crippen LogP) is 3.33. The van der Waals surface area contributed by atoms with Gasteiger partial charge in [0.25, 0.3) is 0 Å². The van der Waals surface area contributed by atoms with Crippen LogP contribution in [0, 0.1) is 5.41 Å². The number of rotatable bonds is 6. The molecule has 0 bridgehead atoms. The Morgan fingerprint density at radius 3 is 2.76 bits per heavy atom. The molecule has 17 heavy (non-hydrogen) atoms. The molecule has 0 radical (unpaired) electrons. The molecule has 4 heteroatoms. The second-order valence-corrected chi connectivity index (χ2v) is 4.54. The van der Waals surface area contributed by atoms with Crippen molar-refractivity contribution >= 4 is 17.4 Å². The Morgan fingerprint density at radius 2 is 2.24 bits per heavy atom. The van der Waals surface area contributed by atoms with Crippen LogP contribution >= 0.6 is 11.6 Å². The summed E-state index contributed by atoms with van der Waals surface area (Å²) in [6, 6.07) is 5.35. The fourth-order valence-corrected chi connectivity index (χ4v) is 1.79. The second kappa shape index (κ2) is 6.62. The van der Waals surface area contributed by atoms with Crippen molar-refractivity contribution in [1.82, 2.24) is 0 Å². The fraction of sp³-hybridized carbons (Fsp3) is 0.462. The maximum absolute atomic E-state index is 7.32. The average molecular weight is 255 g/mol. The van der Waals surface area contributed by atoms with Crippen LogP contribution in [0.1, 0.15) is 37.8 Å². The van der Waals surface area contributed by atoms with Crippen LogP contribution < -0.4 is 5.73 Å². The summed E-state index contributed by atoms with van der Waals surface area (Å²) in [6.45, 7) is 4.69. The van der Waals surface area contributed by atoms with Crippen LogP contribution in [0.15, 0.2) is 18.2 Å². The summed E-state index contributed by atoms with van der Waals surface area (Å²) in [7, 11) is 0. The standard InChI is InChI=1S/C13H19ClN2O/c1-3-4-9(2)17-8-11-6-5-10(13(15)16)7-12(11)14/h5-7,9H,3-4,8H2,1-2H3,(H3,15,16). The first-order chi connectivity index (χ1) is 8.04. The first-order valence-electron chi connectivity index (χ1n) is 5.79. The normalized spacial score (nSPS) is 12.4. The van der Waals surface area contributed by atoms with E-state index in [4.69, 9.17) is 27.5 Å². The van der Waals surface area contributed by atoms with Gasteiger partial charge < -0.3 is 10.5 Å². The monoisotopic (exact) mass is 254 g/mol. The van der Waals surface area contributed by atoms with Gasteiger partial charge in [0.1, 0.15) is 5.84 Å². The van der Waals surface area contributed by atoms with Crippen LogP contribution in [0.25, 0.3) is 0 Å². The van der Waals surface area contributed by atoms with Crippen LogP contribution in [0.4, 0.5) is 0 Å². The van der Waals surface area contributed by atoms with Gasteiger partial charge in [-0.1, -0.05) is 37.1 Å². The molecule has 1 aromatic carbocycles. The molecular weight excluding hydrogens is 236 g/mol. The quantitative estimate of drug-likeness (QED) is 0.604. The summed E-state index contributed by atoms with van der Waals surface area (Å²) >= 11 is 6.10. The van der Waals surface area contributed by atoms with Crippen molar-refractivity contribution in [2.24, 2.45) is 5.73 Å². The molecule has 1 rings (SSSR count). The number of hydrogen-bond acceptors (Lipinski definition) is 2. The Morgan fingerprint density at radius 1 is 1.53 bits per heavy atom. The molecule has 3 nitrogen and oxygen atoms in total. The third kappa shape index (κ3) is 4.36. The van der Waals surface area contributed by atoms with E-state index in [1.807, 2.05) is 6.07 Å². The van der Waals surface area contributed by atoms with Crippen LogP contribution in [0.5, 0.6) is 0 Å². The first kappa shape index (κ1) is 14.0. The van der Waals surface area contributed by atoms with Gasteiger partial charge in [0, 0.05) is 10.6 Å². The van der Waals surface area contributed by atoms with Crippen LogP contribution in [0.2, 0.25) is 5.02 Å². The third-order valence-electron chi connectivity index (χ3n) is 2.58. The largest absolute Gasteiger partial charge is 0.384 e. The maximum atomic E-state index is 7.32. The van der Waals surface area contributed by atoms with Gasteiger partial charge in [0.05, 0.1) is 12.7 Å². The third-order valence-corrected chi connectivity index (χ3v) is 2.93. The molecule has 0 amide bonds. The molecule has 1 aromatic rings. The maximum Gasteiger partial charge on any atom is 0.122 e. The van der Waals surface area contributed by atoms with E-state index >= 15 is 0 Å². The Labute approximate surface area is 107 Å². The summed E-state index contributed by atoms with van der Waals surface area (Å²) < 4.78 is 5.68. The van der Waals surface area contributed by atoms with Crippen molar-refractivity contribution in [3.63, 3.8) is 0 Å². The molecule has 94 valence electrons. The lowest BCUT2D eigenvalue weighted by Crippen LogP contribution is -2.11. The smallest absolute Gasteiger partial charge is 0.122 e. The van der Waals surface area contributed by atoms with Crippen molar-refractivity contribution in [3.05, 3.63) is 34.3 Å². The zero-order valence-corrected chi connectivity index (χ0v) is 11.1. The molecule has 1 atom stereocenters. The second-order valence-electron chi connectivity index (χ2n) is 4.13. The number of amidine groups is 1. The van der Waals surface area contributed by atoms with E-state index in [2.05, 4.69) is 13.8 Å². The number of ether oxygens (including phenoxy) is 1. The highest BCUT2D eigenvalue weighted by atomic mass is 35.5. The van der Waals surface area contributed by atoms with Gasteiger partial charge in [-0.05, 0) is 25.0 Å². The molecular formula is C13H19ClN2O. The summed E-state index contributed by atoms with van der Waals surface area (Å²) in [4.78, 5) is 0. The summed E-state index contributed by atoms with van der Waals surface area (Å²) in [5.41, 5.74) is 6.96. The number of hydrogen-bond donors (Lipinski definition) is 2. The Bertz CT molecular complexity index is 393. The molecule has 0 aromatic heterocycles. The van der Waals surface area contributed by atoms with Gasteiger partial charge in [0.2, 0.25) is 0 Å². The van der Waals surface area contributed by atoms with E-state index in [0.717, 1.165) is 18.4 Å². The lowest BCUT2D eigenvalue weighted by molar-refractivity contribution is 0.0472. The van der Waals surface area contributed by atoms with Gasteiger partial charge in [-0.3, -0.25) is 5.41 Å². The molecule has 3 N–H and O–H groups in total. The molecule has 0 fully saturated rings. The van der Waals surface area contributed by atoms with E-state index < -0.39 is 0 Å². The number of halogens is 1. The van der Waals surface area contributed by atoms with Gasteiger partial charge >= 0.3 is 0 Å². The molecule has 0 aliphatic carbocycles. The minimum Gasteiger partial charge on any atom is -0.384 e. The van der Waals surface area contributed by atoms with Crippen molar-refractivity contribution in [2.75, 3.05) is 0 Å². The van der Waals surface area contributed by atoms with E-state index in [9.17, 15) is 0 Å². The van der Waals surface area contributed by atoms with E-state index in [-0.39, 0.29) is 11.9 Å². The highest BCUT2D eigenvalue weighted by Crippen LogP contribution is 2.19. The number of nitrogen functional groups attached to an aromatic ring is 1. The Kier molecular flexibility index (Phi) is 5.45. The number of benzene rings is 1. The van der Waals surface area contributed by atoms with Gasteiger partial charge in [-0.15, -0.1) is 0 Å². The van der Waals surface area contributed by atoms with Crippen molar-refractivity contribution in [1.29, 1.82) is 5.41 Å². The van der Waals surface area contributed by atoms with Crippen molar-refractivity contribution in [3.8, 4) is 0 Å². The topological polar surface area (TPSA) is 59.1 Å².